The molecule has 1 aliphatic carbocycles. The molecule has 106 valence electrons. The number of alkyl carbamates (subject to hydrolysis) is 1. The topological polar surface area (TPSA) is 56.1 Å². The van der Waals surface area contributed by atoms with Crippen LogP contribution in [-0.4, -0.2) is 27.5 Å². The van der Waals surface area contributed by atoms with Crippen molar-refractivity contribution in [2.24, 2.45) is 0 Å². The molecule has 0 radical (unpaired) electrons. The molecule has 1 N–H and O–H groups in total. The zero-order valence-electron chi connectivity index (χ0n) is 11.9. The minimum Gasteiger partial charge on any atom is -0.444 e. The van der Waals surface area contributed by atoms with Crippen LogP contribution in [0.3, 0.4) is 0 Å². The Labute approximate surface area is 114 Å². The Bertz CT molecular complexity index is 401. The molecule has 5 nitrogen and oxygen atoms in total. The van der Waals surface area contributed by atoms with Gasteiger partial charge in [-0.05, 0) is 52.5 Å². The van der Waals surface area contributed by atoms with E-state index in [1.165, 1.54) is 0 Å². The highest BCUT2D eigenvalue weighted by atomic mass is 16.6. The summed E-state index contributed by atoms with van der Waals surface area (Å²) in [6.07, 6.45) is 7.55. The van der Waals surface area contributed by atoms with Crippen molar-refractivity contribution >= 4 is 6.09 Å². The van der Waals surface area contributed by atoms with Crippen molar-refractivity contribution in [2.45, 2.75) is 64.1 Å². The molecule has 1 aliphatic rings. The van der Waals surface area contributed by atoms with Crippen LogP contribution in [0.25, 0.3) is 0 Å². The summed E-state index contributed by atoms with van der Waals surface area (Å²) < 4.78 is 7.29. The zero-order chi connectivity index (χ0) is 13.9. The van der Waals surface area contributed by atoms with Gasteiger partial charge in [-0.3, -0.25) is 4.68 Å². The van der Waals surface area contributed by atoms with E-state index in [9.17, 15) is 4.79 Å². The van der Waals surface area contributed by atoms with Gasteiger partial charge in [0.15, 0.2) is 0 Å². The number of carbonyl (C=O) groups is 1. The van der Waals surface area contributed by atoms with Gasteiger partial charge in [-0.25, -0.2) is 4.79 Å². The molecule has 19 heavy (non-hydrogen) atoms. The molecular formula is C14H23N3O2. The standard InChI is InChI=1S/C14H23N3O2/c1-14(2,3)19-13(18)16-11-5-7-12(8-6-11)17-10-4-9-15-17/h4,9-12H,5-8H2,1-3H3,(H,16,18)/t11-,12-. The normalized spacial score (nSPS) is 23.9. The first-order valence-electron chi connectivity index (χ1n) is 6.93. The SMILES string of the molecule is CC(C)(C)OC(=O)N[C@H]1CC[C@H](n2cccn2)CC1. The second-order valence-corrected chi connectivity index (χ2v) is 6.14. The third-order valence-corrected chi connectivity index (χ3v) is 3.32. The smallest absolute Gasteiger partial charge is 0.407 e. The van der Waals surface area contributed by atoms with Crippen LogP contribution in [0.4, 0.5) is 4.79 Å². The van der Waals surface area contributed by atoms with E-state index >= 15 is 0 Å². The van der Waals surface area contributed by atoms with Crippen molar-refractivity contribution in [1.82, 2.24) is 15.1 Å². The molecule has 0 aliphatic heterocycles. The van der Waals surface area contributed by atoms with E-state index in [0.29, 0.717) is 6.04 Å². The van der Waals surface area contributed by atoms with E-state index in [1.807, 2.05) is 43.9 Å². The van der Waals surface area contributed by atoms with Crippen molar-refractivity contribution in [3.8, 4) is 0 Å². The van der Waals surface area contributed by atoms with Gasteiger partial charge >= 0.3 is 6.09 Å². The van der Waals surface area contributed by atoms with Crippen LogP contribution in [0.5, 0.6) is 0 Å². The molecule has 0 atom stereocenters. The lowest BCUT2D eigenvalue weighted by molar-refractivity contribution is 0.0487. The third-order valence-electron chi connectivity index (χ3n) is 3.32. The summed E-state index contributed by atoms with van der Waals surface area (Å²) in [6.45, 7) is 5.63. The minimum atomic E-state index is -0.434. The molecule has 1 fully saturated rings. The Balaban J connectivity index is 1.76. The molecule has 5 heteroatoms. The maximum atomic E-state index is 11.7. The Morgan fingerprint density at radius 3 is 2.53 bits per heavy atom. The van der Waals surface area contributed by atoms with Gasteiger partial charge in [-0.15, -0.1) is 0 Å². The molecule has 1 heterocycles. The second-order valence-electron chi connectivity index (χ2n) is 6.14. The number of aromatic nitrogens is 2. The lowest BCUT2D eigenvalue weighted by Crippen LogP contribution is -2.41. The predicted octanol–water partition coefficient (Wildman–Crippen LogP) is 2.89. The lowest BCUT2D eigenvalue weighted by atomic mass is 9.91. The first-order chi connectivity index (χ1) is 8.94. The van der Waals surface area contributed by atoms with Gasteiger partial charge in [0.25, 0.3) is 0 Å². The van der Waals surface area contributed by atoms with Crippen LogP contribution < -0.4 is 5.32 Å². The molecule has 1 aromatic heterocycles. The Morgan fingerprint density at radius 2 is 2.00 bits per heavy atom. The summed E-state index contributed by atoms with van der Waals surface area (Å²) in [5.41, 5.74) is -0.434. The Morgan fingerprint density at radius 1 is 1.32 bits per heavy atom. The van der Waals surface area contributed by atoms with Crippen molar-refractivity contribution in [2.75, 3.05) is 0 Å². The fraction of sp³-hybridized carbons (Fsp3) is 0.714. The summed E-state index contributed by atoms with van der Waals surface area (Å²) in [5, 5.41) is 7.23. The van der Waals surface area contributed by atoms with Crippen LogP contribution in [0.1, 0.15) is 52.5 Å². The highest BCUT2D eigenvalue weighted by molar-refractivity contribution is 5.68. The fourth-order valence-electron chi connectivity index (χ4n) is 2.46. The van der Waals surface area contributed by atoms with Gasteiger partial charge in [0, 0.05) is 18.4 Å². The number of nitrogens with zero attached hydrogens (tertiary/aromatic N) is 2. The highest BCUT2D eigenvalue weighted by Gasteiger charge is 2.25. The van der Waals surface area contributed by atoms with E-state index < -0.39 is 5.60 Å². The maximum Gasteiger partial charge on any atom is 0.407 e. The summed E-state index contributed by atoms with van der Waals surface area (Å²) in [4.78, 5) is 11.7. The number of carbonyl (C=O) groups excluding carboxylic acids is 1. The van der Waals surface area contributed by atoms with Crippen molar-refractivity contribution < 1.29 is 9.53 Å². The van der Waals surface area contributed by atoms with Gasteiger partial charge in [0.1, 0.15) is 5.60 Å². The van der Waals surface area contributed by atoms with E-state index in [1.54, 1.807) is 0 Å². The van der Waals surface area contributed by atoms with E-state index in [-0.39, 0.29) is 12.1 Å². The average molecular weight is 265 g/mol. The number of nitrogens with one attached hydrogen (secondary N) is 1. The average Bonchev–Trinajstić information content (AvgIpc) is 2.80. The lowest BCUT2D eigenvalue weighted by Gasteiger charge is -2.30. The maximum absolute atomic E-state index is 11.7. The fourth-order valence-corrected chi connectivity index (χ4v) is 2.46. The van der Waals surface area contributed by atoms with Crippen molar-refractivity contribution in [1.29, 1.82) is 0 Å². The summed E-state index contributed by atoms with van der Waals surface area (Å²) in [7, 11) is 0. The van der Waals surface area contributed by atoms with Crippen LogP contribution in [0.2, 0.25) is 0 Å². The molecule has 1 amide bonds. The predicted molar refractivity (Wildman–Crippen MR) is 72.9 cm³/mol. The number of amides is 1. The molecular weight excluding hydrogens is 242 g/mol. The number of ether oxygens (including phenoxy) is 1. The van der Waals surface area contributed by atoms with Crippen LogP contribution >= 0.6 is 0 Å². The number of hydrogen-bond donors (Lipinski definition) is 1. The van der Waals surface area contributed by atoms with E-state index in [2.05, 4.69) is 10.4 Å². The molecule has 0 unspecified atom stereocenters. The number of hydrogen-bond acceptors (Lipinski definition) is 3. The minimum absolute atomic E-state index is 0.224. The molecule has 0 aromatic carbocycles. The molecule has 1 aromatic rings. The second kappa shape index (κ2) is 5.63. The zero-order valence-corrected chi connectivity index (χ0v) is 11.9. The van der Waals surface area contributed by atoms with Crippen LogP contribution in [0.15, 0.2) is 18.5 Å². The van der Waals surface area contributed by atoms with Gasteiger partial charge in [-0.2, -0.15) is 5.10 Å². The molecule has 2 rings (SSSR count). The van der Waals surface area contributed by atoms with Crippen molar-refractivity contribution in [3.63, 3.8) is 0 Å². The van der Waals surface area contributed by atoms with E-state index in [0.717, 1.165) is 25.7 Å². The quantitative estimate of drug-likeness (QED) is 0.894. The van der Waals surface area contributed by atoms with Gasteiger partial charge < -0.3 is 10.1 Å². The summed E-state index contributed by atoms with van der Waals surface area (Å²) >= 11 is 0. The van der Waals surface area contributed by atoms with Crippen molar-refractivity contribution in [3.05, 3.63) is 18.5 Å². The summed E-state index contributed by atoms with van der Waals surface area (Å²) in [6, 6.07) is 2.64. The molecule has 0 bridgehead atoms. The van der Waals surface area contributed by atoms with Gasteiger partial charge in [-0.1, -0.05) is 0 Å². The third kappa shape index (κ3) is 4.26. The Kier molecular flexibility index (Phi) is 4.12. The largest absolute Gasteiger partial charge is 0.444 e. The Hall–Kier alpha value is -1.52. The highest BCUT2D eigenvalue weighted by Crippen LogP contribution is 2.27. The summed E-state index contributed by atoms with van der Waals surface area (Å²) in [5.74, 6) is 0. The van der Waals surface area contributed by atoms with Crippen LogP contribution in [0, 0.1) is 0 Å². The monoisotopic (exact) mass is 265 g/mol. The molecule has 1 saturated carbocycles. The molecule has 0 spiro atoms. The first kappa shape index (κ1) is 13.9. The number of rotatable bonds is 2. The van der Waals surface area contributed by atoms with Gasteiger partial charge in [0.05, 0.1) is 6.04 Å². The van der Waals surface area contributed by atoms with Crippen LogP contribution in [-0.2, 0) is 4.74 Å². The van der Waals surface area contributed by atoms with Gasteiger partial charge in [0.2, 0.25) is 0 Å². The molecule has 0 saturated heterocycles. The first-order valence-corrected chi connectivity index (χ1v) is 6.93. The van der Waals surface area contributed by atoms with E-state index in [4.69, 9.17) is 4.74 Å².